The van der Waals surface area contributed by atoms with Crippen LogP contribution in [0.2, 0.25) is 0 Å². The molecule has 5 aromatic rings. The van der Waals surface area contributed by atoms with Crippen LogP contribution in [0.25, 0.3) is 0 Å². The topological polar surface area (TPSA) is 195 Å². The molecule has 0 radical (unpaired) electrons. The van der Waals surface area contributed by atoms with Gasteiger partial charge in [-0.1, -0.05) is 373 Å². The van der Waals surface area contributed by atoms with Crippen molar-refractivity contribution in [3.63, 3.8) is 0 Å². The molecule has 0 amide bonds. The number of rotatable bonds is 40. The van der Waals surface area contributed by atoms with Crippen LogP contribution in [-0.2, 0) is 72.5 Å². The number of aliphatic hydroxyl groups excluding tert-OH is 3. The molecule has 0 saturated carbocycles. The highest BCUT2D eigenvalue weighted by Gasteiger charge is 2.47. The Morgan fingerprint density at radius 2 is 0.590 bits per heavy atom. The van der Waals surface area contributed by atoms with Crippen LogP contribution in [0, 0.1) is 22.7 Å². The lowest BCUT2D eigenvalue weighted by Gasteiger charge is -2.42. The highest BCUT2D eigenvalue weighted by atomic mass is 31.2. The largest absolute Gasteiger partial charge is 0.530 e. The van der Waals surface area contributed by atoms with Crippen molar-refractivity contribution in [1.29, 1.82) is 0 Å². The fraction of sp³-hybridized carbons (Fsp3) is 0.700. The van der Waals surface area contributed by atoms with Crippen molar-refractivity contribution in [2.24, 2.45) is 22.7 Å². The molecule has 0 aliphatic heterocycles. The van der Waals surface area contributed by atoms with Gasteiger partial charge in [0.2, 0.25) is 0 Å². The minimum atomic E-state index is -2.77. The number of benzene rings is 5. The molecule has 0 spiro atoms. The summed E-state index contributed by atoms with van der Waals surface area (Å²) in [6.07, 6.45) is 11.9. The first-order chi connectivity index (χ1) is 53.5. The number of ether oxygens (including phenoxy) is 2. The van der Waals surface area contributed by atoms with Crippen LogP contribution < -0.4 is 18.3 Å². The second-order valence-corrected chi connectivity index (χ2v) is 47.5. The zero-order chi connectivity index (χ0) is 89.1. The summed E-state index contributed by atoms with van der Waals surface area (Å²) in [6, 6.07) is 32.3. The summed E-state index contributed by atoms with van der Waals surface area (Å²) in [7, 11) is -7.37. The predicted octanol–water partition coefficient (Wildman–Crippen LogP) is 27.4. The summed E-state index contributed by atoms with van der Waals surface area (Å²) in [4.78, 5) is 31.6. The molecule has 0 aliphatic carbocycles. The lowest BCUT2D eigenvalue weighted by Crippen LogP contribution is -2.47. The molecule has 666 valence electrons. The van der Waals surface area contributed by atoms with Gasteiger partial charge in [-0.15, -0.1) is 0 Å². The fourth-order valence-corrected chi connectivity index (χ4v) is 16.6. The smallest absolute Gasteiger partial charge is 0.485 e. The van der Waals surface area contributed by atoms with Crippen LogP contribution in [0.4, 0.5) is 0 Å². The Morgan fingerprint density at radius 1 is 0.308 bits per heavy atom. The SMILES string of the molecule is CC(C)(C)c1ccc(OP(Oc2ccc(C(C)(C)C)cc2C(C)(C)C)Oc2ccc(C(C)(C)C)cc2C(C)(C)C)c(C(C)(C)C)c1.CC(C)CCCCCCCOC(CCCCCCCC(C)C)C(CO)(COP(O)O)COP(O)OCC(CO)(CO)C(Oc1ccc(C(C)(C)C)cc1C(C)(C)C)c1ccc(C(C)(C)C)cc1C(C)(C)C. The van der Waals surface area contributed by atoms with Gasteiger partial charge >= 0.3 is 25.8 Å². The Bertz CT molecular complexity index is 3580. The van der Waals surface area contributed by atoms with Crippen LogP contribution in [0.15, 0.2) is 91.0 Å². The van der Waals surface area contributed by atoms with E-state index < -0.39 is 68.7 Å². The molecule has 5 rings (SSSR count). The minimum Gasteiger partial charge on any atom is -0.485 e. The van der Waals surface area contributed by atoms with Gasteiger partial charge in [0.05, 0.1) is 56.6 Å². The summed E-state index contributed by atoms with van der Waals surface area (Å²) in [5.41, 5.74) is 8.04. The van der Waals surface area contributed by atoms with Gasteiger partial charge in [-0.2, -0.15) is 0 Å². The van der Waals surface area contributed by atoms with E-state index in [4.69, 9.17) is 36.6 Å². The van der Waals surface area contributed by atoms with E-state index in [2.05, 4.69) is 314 Å². The third kappa shape index (κ3) is 33.7. The second-order valence-electron chi connectivity index (χ2n) is 44.7. The molecular formula is C100H167O14P3. The average molecular weight is 1690 g/mol. The standard InChI is InChI=1S/C58H104O11P2.C42H63O3P/c1-43(2)27-23-19-17-21-25-29-51(65-34-26-22-18-20-24-28-44(3)4)58(39-61,41-66-70(62)63)42-68-71(64)67-40-57(37-59,38-60)52(47-32-30-45(53(5,6)7)35-48(47)55(11,12)13)69-50-33-31-46(54(8,9)10)36-49(50)56(14,15)16;1-37(2,3)28-19-22-34(31(25-28)40(10,11)12)43-46(44-35-23-20-29(38(4,5)6)26-32(35)41(13,14)15)45-36-24-21-30(39(7,8)9)27-33(36)42(16,17)18/h30-33,35-36,43-44,51-52,59-64H,17-29,34,37-42H2,1-16H3;19-27H,1-18H3. The van der Waals surface area contributed by atoms with E-state index in [1.165, 1.54) is 48.8 Å². The maximum atomic E-state index is 11.7. The van der Waals surface area contributed by atoms with Gasteiger partial charge in [-0.05, 0) is 148 Å². The van der Waals surface area contributed by atoms with E-state index in [1.54, 1.807) is 0 Å². The monoisotopic (exact) mass is 1690 g/mol. The molecule has 0 aromatic heterocycles. The fourth-order valence-electron chi connectivity index (χ4n) is 14.3. The molecule has 4 unspecified atom stereocenters. The number of hydrogen-bond acceptors (Lipinski definition) is 14. The molecule has 0 heterocycles. The van der Waals surface area contributed by atoms with Gasteiger partial charge < -0.3 is 66.6 Å². The predicted molar refractivity (Wildman–Crippen MR) is 495 cm³/mol. The molecule has 117 heavy (non-hydrogen) atoms. The Labute approximate surface area is 717 Å². The van der Waals surface area contributed by atoms with Crippen molar-refractivity contribution in [1.82, 2.24) is 0 Å². The summed E-state index contributed by atoms with van der Waals surface area (Å²) in [5.74, 6) is 4.34. The van der Waals surface area contributed by atoms with Crippen molar-refractivity contribution in [2.45, 2.75) is 385 Å². The van der Waals surface area contributed by atoms with Crippen molar-refractivity contribution in [3.05, 3.63) is 152 Å². The van der Waals surface area contributed by atoms with E-state index in [1.807, 2.05) is 12.1 Å². The molecule has 17 heteroatoms. The quantitative estimate of drug-likeness (QED) is 0.0160. The lowest BCUT2D eigenvalue weighted by molar-refractivity contribution is -0.113. The van der Waals surface area contributed by atoms with Gasteiger partial charge in [0, 0.05) is 23.3 Å². The third-order valence-corrected chi connectivity index (χ3v) is 24.6. The number of hydrogen-bond donors (Lipinski definition) is 6. The summed E-state index contributed by atoms with van der Waals surface area (Å²) < 4.78 is 52.3. The first-order valence-corrected chi connectivity index (χ1v) is 47.2. The minimum absolute atomic E-state index is 0.0170. The molecule has 0 fully saturated rings. The molecule has 6 N–H and O–H groups in total. The van der Waals surface area contributed by atoms with Crippen LogP contribution in [0.5, 0.6) is 23.0 Å². The highest BCUT2D eigenvalue weighted by Crippen LogP contribution is 2.53. The highest BCUT2D eigenvalue weighted by molar-refractivity contribution is 7.43. The molecule has 5 aromatic carbocycles. The van der Waals surface area contributed by atoms with Crippen LogP contribution in [-0.4, -0.2) is 82.4 Å². The number of unbranched alkanes of at least 4 members (excludes halogenated alkanes) is 8. The first-order valence-electron chi connectivity index (χ1n) is 43.8. The molecule has 0 saturated heterocycles. The Hall–Kier alpha value is -3.81. The average Bonchev–Trinajstić information content (AvgIpc) is 0.753. The molecule has 0 aliphatic rings. The van der Waals surface area contributed by atoms with Crippen molar-refractivity contribution < 1.29 is 66.6 Å². The van der Waals surface area contributed by atoms with E-state index in [0.717, 1.165) is 107 Å². The molecule has 4 atom stereocenters. The van der Waals surface area contributed by atoms with E-state index in [9.17, 15) is 30.0 Å². The Morgan fingerprint density at radius 3 is 0.906 bits per heavy atom. The van der Waals surface area contributed by atoms with Crippen molar-refractivity contribution >= 4 is 25.8 Å². The summed E-state index contributed by atoms with van der Waals surface area (Å²) >= 11 is 0. The maximum Gasteiger partial charge on any atom is 0.530 e. The normalized spacial score (nSPS) is 14.7. The molecular weight excluding hydrogens is 1520 g/mol. The summed E-state index contributed by atoms with van der Waals surface area (Å²) in [5, 5.41) is 34.3. The van der Waals surface area contributed by atoms with Gasteiger partial charge in [0.15, 0.2) is 0 Å². The van der Waals surface area contributed by atoms with Crippen molar-refractivity contribution in [3.8, 4) is 23.0 Å². The van der Waals surface area contributed by atoms with Crippen LogP contribution in [0.3, 0.4) is 0 Å². The zero-order valence-electron chi connectivity index (χ0n) is 79.9. The van der Waals surface area contributed by atoms with Gasteiger partial charge in [0.1, 0.15) is 29.1 Å². The molecule has 14 nitrogen and oxygen atoms in total. The van der Waals surface area contributed by atoms with Gasteiger partial charge in [0.25, 0.3) is 0 Å². The van der Waals surface area contributed by atoms with E-state index >= 15 is 0 Å². The lowest BCUT2D eigenvalue weighted by atomic mass is 9.72. The van der Waals surface area contributed by atoms with Gasteiger partial charge in [-0.25, -0.2) is 0 Å². The van der Waals surface area contributed by atoms with Crippen LogP contribution in [0.1, 0.15) is 386 Å². The molecule has 0 bridgehead atoms. The Kier molecular flexibility index (Phi) is 39.8. The van der Waals surface area contributed by atoms with Crippen LogP contribution >= 0.6 is 25.8 Å². The Balaban J connectivity index is 0.000000538. The third-order valence-electron chi connectivity index (χ3n) is 22.5. The van der Waals surface area contributed by atoms with E-state index in [-0.39, 0.29) is 74.0 Å². The second kappa shape index (κ2) is 44.2. The zero-order valence-corrected chi connectivity index (χ0v) is 82.6. The van der Waals surface area contributed by atoms with E-state index in [0.29, 0.717) is 30.6 Å². The first kappa shape index (κ1) is 106. The van der Waals surface area contributed by atoms with Crippen molar-refractivity contribution in [2.75, 3.05) is 46.2 Å². The number of aliphatic hydroxyl groups is 3. The maximum absolute atomic E-state index is 11.7. The van der Waals surface area contributed by atoms with Gasteiger partial charge in [-0.3, -0.25) is 0 Å². The summed E-state index contributed by atoms with van der Waals surface area (Å²) in [6.45, 7) is 73.1.